The first-order valence-corrected chi connectivity index (χ1v) is 7.91. The molecule has 1 fully saturated rings. The lowest BCUT2D eigenvalue weighted by molar-refractivity contribution is -0.139. The van der Waals surface area contributed by atoms with E-state index in [1.807, 2.05) is 0 Å². The summed E-state index contributed by atoms with van der Waals surface area (Å²) >= 11 is 0. The summed E-state index contributed by atoms with van der Waals surface area (Å²) in [5.41, 5.74) is 0. The zero-order valence-corrected chi connectivity index (χ0v) is 12.6. The summed E-state index contributed by atoms with van der Waals surface area (Å²) in [5, 5.41) is 5.27. The molecule has 0 spiro atoms. The molecule has 0 radical (unpaired) electrons. The molecular weight excluding hydrogens is 256 g/mol. The molecule has 5 nitrogen and oxygen atoms in total. The molecule has 2 amide bonds. The third-order valence-corrected chi connectivity index (χ3v) is 3.54. The van der Waals surface area contributed by atoms with Crippen molar-refractivity contribution in [3.05, 3.63) is 0 Å². The van der Waals surface area contributed by atoms with Crippen LogP contribution in [-0.2, 0) is 14.3 Å². The molecule has 1 rings (SSSR count). The second-order valence-electron chi connectivity index (χ2n) is 5.37. The second kappa shape index (κ2) is 10.7. The van der Waals surface area contributed by atoms with Crippen molar-refractivity contribution in [1.29, 1.82) is 0 Å². The van der Waals surface area contributed by atoms with Crippen molar-refractivity contribution < 1.29 is 14.3 Å². The smallest absolute Gasteiger partial charge is 0.309 e. The number of hydrogen-bond acceptors (Lipinski definition) is 3. The standard InChI is InChI=1S/C15H28N2O3/c1-2-3-4-5-6-7-10-16-14(18)15(19)17-12-13-9-8-11-20-13/h13H,2-12H2,1H3,(H,16,18)(H,17,19). The van der Waals surface area contributed by atoms with Gasteiger partial charge in [0.05, 0.1) is 6.10 Å². The average molecular weight is 284 g/mol. The van der Waals surface area contributed by atoms with Crippen molar-refractivity contribution in [2.75, 3.05) is 19.7 Å². The Kier molecular flexibility index (Phi) is 9.04. The van der Waals surface area contributed by atoms with Crippen LogP contribution < -0.4 is 10.6 Å². The molecule has 1 heterocycles. The van der Waals surface area contributed by atoms with Gasteiger partial charge in [-0.2, -0.15) is 0 Å². The van der Waals surface area contributed by atoms with Gasteiger partial charge in [-0.15, -0.1) is 0 Å². The van der Waals surface area contributed by atoms with Gasteiger partial charge in [0.1, 0.15) is 0 Å². The average Bonchev–Trinajstić information content (AvgIpc) is 2.96. The van der Waals surface area contributed by atoms with Gasteiger partial charge in [-0.05, 0) is 19.3 Å². The van der Waals surface area contributed by atoms with E-state index in [1.165, 1.54) is 25.7 Å². The van der Waals surface area contributed by atoms with Crippen LogP contribution in [0.1, 0.15) is 58.3 Å². The first-order valence-electron chi connectivity index (χ1n) is 7.91. The fourth-order valence-electron chi connectivity index (χ4n) is 2.28. The molecule has 1 aliphatic heterocycles. The number of ether oxygens (including phenoxy) is 1. The normalized spacial score (nSPS) is 17.9. The first-order chi connectivity index (χ1) is 9.74. The van der Waals surface area contributed by atoms with Crippen LogP contribution >= 0.6 is 0 Å². The summed E-state index contributed by atoms with van der Waals surface area (Å²) < 4.78 is 5.38. The molecule has 1 aliphatic rings. The predicted molar refractivity (Wildman–Crippen MR) is 78.4 cm³/mol. The summed E-state index contributed by atoms with van der Waals surface area (Å²) in [6, 6.07) is 0. The lowest BCUT2D eigenvalue weighted by Gasteiger charge is -2.10. The van der Waals surface area contributed by atoms with Crippen LogP contribution in [0.3, 0.4) is 0 Å². The van der Waals surface area contributed by atoms with E-state index in [9.17, 15) is 9.59 Å². The molecule has 116 valence electrons. The minimum atomic E-state index is -0.550. The van der Waals surface area contributed by atoms with E-state index in [2.05, 4.69) is 17.6 Å². The Morgan fingerprint density at radius 2 is 1.75 bits per heavy atom. The van der Waals surface area contributed by atoms with Crippen LogP contribution in [0.4, 0.5) is 0 Å². The monoisotopic (exact) mass is 284 g/mol. The van der Waals surface area contributed by atoms with E-state index >= 15 is 0 Å². The van der Waals surface area contributed by atoms with E-state index in [1.54, 1.807) is 0 Å². The quantitative estimate of drug-likeness (QED) is 0.501. The molecule has 0 aromatic carbocycles. The summed E-state index contributed by atoms with van der Waals surface area (Å²) in [4.78, 5) is 23.0. The van der Waals surface area contributed by atoms with Crippen molar-refractivity contribution in [1.82, 2.24) is 10.6 Å². The van der Waals surface area contributed by atoms with Crippen LogP contribution in [0.15, 0.2) is 0 Å². The number of carbonyl (C=O) groups excluding carboxylic acids is 2. The highest BCUT2D eigenvalue weighted by Gasteiger charge is 2.18. The van der Waals surface area contributed by atoms with Gasteiger partial charge in [0.2, 0.25) is 0 Å². The summed E-state index contributed by atoms with van der Waals surface area (Å²) in [7, 11) is 0. The van der Waals surface area contributed by atoms with Crippen molar-refractivity contribution in [3.63, 3.8) is 0 Å². The molecule has 0 aliphatic carbocycles. The topological polar surface area (TPSA) is 67.4 Å². The Bertz CT molecular complexity index is 289. The molecule has 1 saturated heterocycles. The Morgan fingerprint density at radius 1 is 1.05 bits per heavy atom. The Balaban J connectivity index is 1.96. The Labute approximate surface area is 121 Å². The van der Waals surface area contributed by atoms with Crippen LogP contribution in [0, 0.1) is 0 Å². The molecule has 1 unspecified atom stereocenters. The number of nitrogens with one attached hydrogen (secondary N) is 2. The van der Waals surface area contributed by atoms with Gasteiger partial charge < -0.3 is 15.4 Å². The first kappa shape index (κ1) is 17.0. The number of amides is 2. The minimum absolute atomic E-state index is 0.0744. The van der Waals surface area contributed by atoms with Crippen LogP contribution in [0.2, 0.25) is 0 Å². The highest BCUT2D eigenvalue weighted by molar-refractivity contribution is 6.35. The van der Waals surface area contributed by atoms with Gasteiger partial charge >= 0.3 is 11.8 Å². The molecule has 5 heteroatoms. The van der Waals surface area contributed by atoms with E-state index in [4.69, 9.17) is 4.74 Å². The largest absolute Gasteiger partial charge is 0.376 e. The zero-order valence-electron chi connectivity index (χ0n) is 12.6. The Morgan fingerprint density at radius 3 is 2.45 bits per heavy atom. The maximum Gasteiger partial charge on any atom is 0.309 e. The molecule has 20 heavy (non-hydrogen) atoms. The number of hydrogen-bond donors (Lipinski definition) is 2. The Hall–Kier alpha value is -1.10. The number of unbranched alkanes of at least 4 members (excludes halogenated alkanes) is 5. The summed E-state index contributed by atoms with van der Waals surface area (Å²) in [5.74, 6) is -1.08. The lowest BCUT2D eigenvalue weighted by atomic mass is 10.1. The maximum atomic E-state index is 11.5. The van der Waals surface area contributed by atoms with Crippen molar-refractivity contribution in [2.45, 2.75) is 64.4 Å². The fourth-order valence-corrected chi connectivity index (χ4v) is 2.28. The van der Waals surface area contributed by atoms with Crippen molar-refractivity contribution in [2.24, 2.45) is 0 Å². The molecule has 2 N–H and O–H groups in total. The van der Waals surface area contributed by atoms with Crippen molar-refractivity contribution in [3.8, 4) is 0 Å². The van der Waals surface area contributed by atoms with E-state index in [0.29, 0.717) is 13.1 Å². The summed E-state index contributed by atoms with van der Waals surface area (Å²) in [6.07, 6.45) is 9.09. The lowest BCUT2D eigenvalue weighted by Crippen LogP contribution is -2.42. The molecule has 0 aromatic rings. The van der Waals surface area contributed by atoms with Gasteiger partial charge in [-0.1, -0.05) is 39.0 Å². The van der Waals surface area contributed by atoms with E-state index in [-0.39, 0.29) is 6.10 Å². The second-order valence-corrected chi connectivity index (χ2v) is 5.37. The molecule has 0 aromatic heterocycles. The van der Waals surface area contributed by atoms with Gasteiger partial charge in [-0.3, -0.25) is 9.59 Å². The molecule has 1 atom stereocenters. The highest BCUT2D eigenvalue weighted by Crippen LogP contribution is 2.10. The van der Waals surface area contributed by atoms with Crippen LogP contribution in [0.5, 0.6) is 0 Å². The highest BCUT2D eigenvalue weighted by atomic mass is 16.5. The number of rotatable bonds is 9. The minimum Gasteiger partial charge on any atom is -0.376 e. The van der Waals surface area contributed by atoms with Crippen molar-refractivity contribution >= 4 is 11.8 Å². The van der Waals surface area contributed by atoms with Crippen LogP contribution in [0.25, 0.3) is 0 Å². The maximum absolute atomic E-state index is 11.5. The van der Waals surface area contributed by atoms with Gasteiger partial charge in [0, 0.05) is 19.7 Å². The number of carbonyl (C=O) groups is 2. The third-order valence-electron chi connectivity index (χ3n) is 3.54. The fraction of sp³-hybridized carbons (Fsp3) is 0.867. The van der Waals surface area contributed by atoms with E-state index in [0.717, 1.165) is 32.3 Å². The summed E-state index contributed by atoms with van der Waals surface area (Å²) in [6.45, 7) is 3.96. The van der Waals surface area contributed by atoms with E-state index < -0.39 is 11.8 Å². The zero-order chi connectivity index (χ0) is 14.6. The molecular formula is C15H28N2O3. The van der Waals surface area contributed by atoms with Gasteiger partial charge in [0.25, 0.3) is 0 Å². The predicted octanol–water partition coefficient (Wildman–Crippen LogP) is 1.76. The SMILES string of the molecule is CCCCCCCCNC(=O)C(=O)NCC1CCCO1. The third kappa shape index (κ3) is 7.48. The molecule has 0 saturated carbocycles. The van der Waals surface area contributed by atoms with Gasteiger partial charge in [0.15, 0.2) is 0 Å². The van der Waals surface area contributed by atoms with Crippen LogP contribution in [-0.4, -0.2) is 37.6 Å². The molecule has 0 bridgehead atoms. The van der Waals surface area contributed by atoms with Gasteiger partial charge in [-0.25, -0.2) is 0 Å².